The van der Waals surface area contributed by atoms with Crippen molar-refractivity contribution in [2.24, 2.45) is 0 Å². The molecule has 0 aromatic heterocycles. The molecule has 1 aromatic rings. The predicted molar refractivity (Wildman–Crippen MR) is 171 cm³/mol. The Balaban J connectivity index is 1.85. The molecule has 2 fully saturated rings. The summed E-state index contributed by atoms with van der Waals surface area (Å²) in [6.07, 6.45) is 4.88. The third kappa shape index (κ3) is 9.30. The summed E-state index contributed by atoms with van der Waals surface area (Å²) >= 11 is 0. The highest BCUT2D eigenvalue weighted by atomic mass is 28.4. The Morgan fingerprint density at radius 3 is 2.07 bits per heavy atom. The Kier molecular flexibility index (Phi) is 13.3. The van der Waals surface area contributed by atoms with E-state index in [0.29, 0.717) is 32.5 Å². The molecule has 0 unspecified atom stereocenters. The summed E-state index contributed by atoms with van der Waals surface area (Å²) in [4.78, 5) is 11.7. The standard InChI is InChI=1S/C33H58O6Si2/c1-8-40(9-2,10-3)38-31-23-29(20-22-35-26-28-17-15-14-16-18-28)36-33(25-31)27-32(7,24-30(37-33)19-21-34)39-41(11-4,12-5)13-6/h14-18,21,29-31H,8-13,19-20,22-27H2,1-7H3/t29-,30-,31-,32-,33+/m0/s1. The highest BCUT2D eigenvalue weighted by Gasteiger charge is 2.55. The number of hydrogen-bond acceptors (Lipinski definition) is 6. The average molecular weight is 607 g/mol. The van der Waals surface area contributed by atoms with Crippen LogP contribution in [0.25, 0.3) is 0 Å². The first-order valence-electron chi connectivity index (χ1n) is 16.4. The molecule has 2 saturated heterocycles. The van der Waals surface area contributed by atoms with Crippen LogP contribution < -0.4 is 0 Å². The molecule has 2 aliphatic heterocycles. The summed E-state index contributed by atoms with van der Waals surface area (Å²) in [5, 5.41) is 0. The molecule has 0 saturated carbocycles. The molecule has 234 valence electrons. The second-order valence-electron chi connectivity index (χ2n) is 12.7. The van der Waals surface area contributed by atoms with Gasteiger partial charge in [0.25, 0.3) is 0 Å². The van der Waals surface area contributed by atoms with Gasteiger partial charge < -0.3 is 27.9 Å². The number of aldehydes is 1. The average Bonchev–Trinajstić information content (AvgIpc) is 2.97. The van der Waals surface area contributed by atoms with Crippen LogP contribution in [0.4, 0.5) is 0 Å². The van der Waals surface area contributed by atoms with E-state index in [9.17, 15) is 4.79 Å². The van der Waals surface area contributed by atoms with Crippen LogP contribution in [-0.2, 0) is 34.5 Å². The lowest BCUT2D eigenvalue weighted by atomic mass is 9.82. The van der Waals surface area contributed by atoms with Gasteiger partial charge in [-0.25, -0.2) is 0 Å². The summed E-state index contributed by atoms with van der Waals surface area (Å²) in [5.41, 5.74) is 0.778. The van der Waals surface area contributed by atoms with Gasteiger partial charge in [0.2, 0.25) is 0 Å². The van der Waals surface area contributed by atoms with Gasteiger partial charge in [-0.15, -0.1) is 0 Å². The molecule has 1 aromatic carbocycles. The fraction of sp³-hybridized carbons (Fsp3) is 0.788. The summed E-state index contributed by atoms with van der Waals surface area (Å²) in [6.45, 7) is 17.1. The van der Waals surface area contributed by atoms with Crippen LogP contribution in [0, 0.1) is 0 Å². The minimum absolute atomic E-state index is 0.0356. The van der Waals surface area contributed by atoms with Gasteiger partial charge in [0.05, 0.1) is 30.5 Å². The van der Waals surface area contributed by atoms with Gasteiger partial charge in [0, 0.05) is 32.3 Å². The summed E-state index contributed by atoms with van der Waals surface area (Å²) < 4.78 is 34.2. The highest BCUT2D eigenvalue weighted by molar-refractivity contribution is 6.74. The first kappa shape index (κ1) is 34.6. The van der Waals surface area contributed by atoms with Crippen LogP contribution in [0.3, 0.4) is 0 Å². The van der Waals surface area contributed by atoms with Crippen molar-refractivity contribution in [3.05, 3.63) is 35.9 Å². The molecule has 6 nitrogen and oxygen atoms in total. The summed E-state index contributed by atoms with van der Waals surface area (Å²) in [7, 11) is -3.74. The van der Waals surface area contributed by atoms with E-state index in [0.717, 1.165) is 61.8 Å². The van der Waals surface area contributed by atoms with Gasteiger partial charge in [-0.2, -0.15) is 0 Å². The third-order valence-electron chi connectivity index (χ3n) is 9.93. The number of carbonyl (C=O) groups excluding carboxylic acids is 1. The number of carbonyl (C=O) groups is 1. The molecule has 0 amide bonds. The van der Waals surface area contributed by atoms with E-state index in [1.54, 1.807) is 0 Å². The SMILES string of the molecule is CC[Si](CC)(CC)O[C@H]1C[C@H](CCOCc2ccccc2)O[C@@]2(C1)C[C@@](C)(O[Si](CC)(CC)CC)C[C@H](CC=O)O2. The second-order valence-corrected chi connectivity index (χ2v) is 22.1. The van der Waals surface area contributed by atoms with Crippen molar-refractivity contribution in [3.8, 4) is 0 Å². The highest BCUT2D eigenvalue weighted by Crippen LogP contribution is 2.48. The molecule has 2 aliphatic rings. The van der Waals surface area contributed by atoms with Crippen molar-refractivity contribution in [2.75, 3.05) is 6.61 Å². The van der Waals surface area contributed by atoms with E-state index in [1.165, 1.54) is 5.56 Å². The molecule has 5 atom stereocenters. The van der Waals surface area contributed by atoms with Crippen molar-refractivity contribution in [1.29, 1.82) is 0 Å². The van der Waals surface area contributed by atoms with Crippen LogP contribution in [0.5, 0.6) is 0 Å². The molecule has 0 aliphatic carbocycles. The molecular weight excluding hydrogens is 549 g/mol. The quantitative estimate of drug-likeness (QED) is 0.101. The van der Waals surface area contributed by atoms with Gasteiger partial charge in [-0.05, 0) is 61.6 Å². The van der Waals surface area contributed by atoms with E-state index >= 15 is 0 Å². The maximum atomic E-state index is 11.7. The van der Waals surface area contributed by atoms with Crippen LogP contribution >= 0.6 is 0 Å². The smallest absolute Gasteiger partial charge is 0.192 e. The molecule has 2 heterocycles. The molecule has 8 heteroatoms. The predicted octanol–water partition coefficient (Wildman–Crippen LogP) is 8.41. The summed E-state index contributed by atoms with van der Waals surface area (Å²) in [5.74, 6) is -0.821. The number of rotatable bonds is 17. The van der Waals surface area contributed by atoms with Crippen LogP contribution in [-0.4, -0.2) is 59.2 Å². The van der Waals surface area contributed by atoms with E-state index in [2.05, 4.69) is 60.6 Å². The zero-order valence-corrected chi connectivity index (χ0v) is 29.0. The molecular formula is C33H58O6Si2. The van der Waals surface area contributed by atoms with Gasteiger partial charge in [0.1, 0.15) is 6.29 Å². The molecule has 0 N–H and O–H groups in total. The monoisotopic (exact) mass is 606 g/mol. The minimum atomic E-state index is -1.90. The van der Waals surface area contributed by atoms with Crippen molar-refractivity contribution < 1.29 is 27.9 Å². The van der Waals surface area contributed by atoms with E-state index < -0.39 is 28.0 Å². The molecule has 3 rings (SSSR count). The van der Waals surface area contributed by atoms with Gasteiger partial charge in [-0.3, -0.25) is 0 Å². The maximum absolute atomic E-state index is 11.7. The summed E-state index contributed by atoms with van der Waals surface area (Å²) in [6, 6.07) is 16.9. The van der Waals surface area contributed by atoms with Crippen LogP contribution in [0.2, 0.25) is 36.3 Å². The molecule has 41 heavy (non-hydrogen) atoms. The number of hydrogen-bond donors (Lipinski definition) is 0. The first-order chi connectivity index (χ1) is 19.7. The van der Waals surface area contributed by atoms with E-state index in [1.807, 2.05) is 18.2 Å². The zero-order chi connectivity index (χ0) is 30.0. The Bertz CT molecular complexity index is 892. The zero-order valence-electron chi connectivity index (χ0n) is 27.0. The van der Waals surface area contributed by atoms with Crippen molar-refractivity contribution in [1.82, 2.24) is 0 Å². The van der Waals surface area contributed by atoms with Crippen LogP contribution in [0.15, 0.2) is 30.3 Å². The van der Waals surface area contributed by atoms with Gasteiger partial charge >= 0.3 is 0 Å². The van der Waals surface area contributed by atoms with Gasteiger partial charge in [0.15, 0.2) is 22.4 Å². The van der Waals surface area contributed by atoms with Crippen molar-refractivity contribution in [2.45, 2.75) is 160 Å². The fourth-order valence-electron chi connectivity index (χ4n) is 7.23. The Morgan fingerprint density at radius 1 is 0.878 bits per heavy atom. The molecule has 0 radical (unpaired) electrons. The minimum Gasteiger partial charge on any atom is -0.414 e. The van der Waals surface area contributed by atoms with E-state index in [4.69, 9.17) is 23.1 Å². The molecule has 0 bridgehead atoms. The number of benzene rings is 1. The first-order valence-corrected chi connectivity index (χ1v) is 21.5. The van der Waals surface area contributed by atoms with E-state index in [-0.39, 0.29) is 18.3 Å². The lowest BCUT2D eigenvalue weighted by Gasteiger charge is -2.55. The van der Waals surface area contributed by atoms with Crippen molar-refractivity contribution >= 4 is 22.9 Å². The van der Waals surface area contributed by atoms with Crippen molar-refractivity contribution in [3.63, 3.8) is 0 Å². The largest absolute Gasteiger partial charge is 0.414 e. The van der Waals surface area contributed by atoms with Gasteiger partial charge in [-0.1, -0.05) is 71.9 Å². The fourth-order valence-corrected chi connectivity index (χ4v) is 13.2. The molecule has 1 spiro atoms. The topological polar surface area (TPSA) is 63.2 Å². The Hall–Kier alpha value is -0.876. The lowest BCUT2D eigenvalue weighted by Crippen LogP contribution is -2.61. The maximum Gasteiger partial charge on any atom is 0.192 e. The Morgan fingerprint density at radius 2 is 1.49 bits per heavy atom. The Labute approximate surface area is 252 Å². The van der Waals surface area contributed by atoms with Crippen LogP contribution in [0.1, 0.15) is 92.6 Å². The normalized spacial score (nSPS) is 29.1. The third-order valence-corrected chi connectivity index (χ3v) is 19.4. The lowest BCUT2D eigenvalue weighted by molar-refractivity contribution is -0.347. The second kappa shape index (κ2) is 15.7. The number of ether oxygens (including phenoxy) is 3.